The predicted octanol–water partition coefficient (Wildman–Crippen LogP) is 15.6. The molecule has 1 heterocycles. The number of aromatic nitrogens is 1. The Morgan fingerprint density at radius 1 is 0.373 bits per heavy atom. The van der Waals surface area contributed by atoms with Gasteiger partial charge >= 0.3 is 0 Å². The number of fused-ring (bicyclic) bond motifs is 6. The maximum absolute atomic E-state index is 2.50. The predicted molar refractivity (Wildman–Crippen MR) is 249 cm³/mol. The summed E-state index contributed by atoms with van der Waals surface area (Å²) in [5, 5.41) is 2.46. The molecule has 1 aromatic heterocycles. The molecule has 0 radical (unpaired) electrons. The first-order valence-electron chi connectivity index (χ1n) is 20.5. The Hall–Kier alpha value is -7.42. The van der Waals surface area contributed by atoms with E-state index < -0.39 is 0 Å². The molecule has 0 spiro atoms. The molecule has 0 bridgehead atoms. The van der Waals surface area contributed by atoms with Crippen molar-refractivity contribution in [3.63, 3.8) is 0 Å². The minimum Gasteiger partial charge on any atom is -0.309 e. The van der Waals surface area contributed by atoms with Gasteiger partial charge in [0, 0.05) is 38.7 Å². The second-order valence-electron chi connectivity index (χ2n) is 16.1. The highest BCUT2D eigenvalue weighted by molar-refractivity contribution is 6.11. The van der Waals surface area contributed by atoms with Gasteiger partial charge in [-0.05, 0) is 93.0 Å². The standard InChI is InChI=1S/C57H42N2/c1-57(2)50-29-15-12-27-48(50)56-47(28-18-30-51(56)57)45-26-14-17-32-53(45)59(54-36-33-41(39-19-6-3-7-20-39)37-49(54)40-21-8-4-9-22-40)43-34-35-46-44-25-13-16-31-52(44)58(55(46)38-43)42-23-10-5-11-24-42/h3-38H,1-2H3. The summed E-state index contributed by atoms with van der Waals surface area (Å²) in [6.45, 7) is 4.72. The van der Waals surface area contributed by atoms with Gasteiger partial charge in [0.1, 0.15) is 0 Å². The highest BCUT2D eigenvalue weighted by atomic mass is 15.1. The molecule has 1 aliphatic carbocycles. The van der Waals surface area contributed by atoms with E-state index in [2.05, 4.69) is 242 Å². The van der Waals surface area contributed by atoms with Crippen LogP contribution in [-0.2, 0) is 5.41 Å². The number of anilines is 3. The van der Waals surface area contributed by atoms with Gasteiger partial charge in [-0.3, -0.25) is 0 Å². The largest absolute Gasteiger partial charge is 0.309 e. The SMILES string of the molecule is CC1(C)c2ccccc2-c2c(-c3ccccc3N(c3ccc4c5ccccc5n(-c5ccccc5)c4c3)c3ccc(-c4ccccc4)cc3-c3ccccc3)cccc21. The van der Waals surface area contributed by atoms with Crippen LogP contribution in [0.25, 0.3) is 72.0 Å². The average Bonchev–Trinajstić information content (AvgIpc) is 3.75. The Morgan fingerprint density at radius 2 is 0.966 bits per heavy atom. The smallest absolute Gasteiger partial charge is 0.0561 e. The zero-order valence-electron chi connectivity index (χ0n) is 33.2. The summed E-state index contributed by atoms with van der Waals surface area (Å²) in [7, 11) is 0. The first-order valence-corrected chi connectivity index (χ1v) is 20.5. The Morgan fingerprint density at radius 3 is 1.76 bits per heavy atom. The topological polar surface area (TPSA) is 8.17 Å². The van der Waals surface area contributed by atoms with Gasteiger partial charge in [0.05, 0.1) is 22.4 Å². The Kier molecular flexibility index (Phi) is 8.20. The van der Waals surface area contributed by atoms with Crippen LogP contribution >= 0.6 is 0 Å². The van der Waals surface area contributed by atoms with Crippen molar-refractivity contribution in [3.05, 3.63) is 230 Å². The molecule has 2 nitrogen and oxygen atoms in total. The molecule has 280 valence electrons. The van der Waals surface area contributed by atoms with Gasteiger partial charge in [-0.1, -0.05) is 184 Å². The van der Waals surface area contributed by atoms with Crippen LogP contribution in [0.15, 0.2) is 218 Å². The number of hydrogen-bond donors (Lipinski definition) is 0. The number of para-hydroxylation sites is 3. The lowest BCUT2D eigenvalue weighted by Gasteiger charge is -2.31. The normalized spacial score (nSPS) is 12.7. The first kappa shape index (κ1) is 34.8. The Bertz CT molecular complexity index is 3170. The van der Waals surface area contributed by atoms with E-state index in [0.717, 1.165) is 33.8 Å². The first-order chi connectivity index (χ1) is 29.1. The summed E-state index contributed by atoms with van der Waals surface area (Å²) < 4.78 is 2.41. The van der Waals surface area contributed by atoms with E-state index in [1.54, 1.807) is 0 Å². The van der Waals surface area contributed by atoms with Gasteiger partial charge in [0.15, 0.2) is 0 Å². The van der Waals surface area contributed by atoms with Gasteiger partial charge in [-0.25, -0.2) is 0 Å². The number of nitrogens with zero attached hydrogens (tertiary/aromatic N) is 2. The lowest BCUT2D eigenvalue weighted by atomic mass is 9.82. The Balaban J connectivity index is 1.22. The van der Waals surface area contributed by atoms with Crippen LogP contribution in [0.5, 0.6) is 0 Å². The van der Waals surface area contributed by atoms with Crippen LogP contribution in [0.4, 0.5) is 17.1 Å². The van der Waals surface area contributed by atoms with E-state index in [9.17, 15) is 0 Å². The van der Waals surface area contributed by atoms with E-state index in [1.165, 1.54) is 66.4 Å². The van der Waals surface area contributed by atoms with Crippen molar-refractivity contribution >= 4 is 38.9 Å². The lowest BCUT2D eigenvalue weighted by molar-refractivity contribution is 0.660. The van der Waals surface area contributed by atoms with Crippen molar-refractivity contribution < 1.29 is 0 Å². The molecule has 9 aromatic carbocycles. The molecule has 1 aliphatic rings. The quantitative estimate of drug-likeness (QED) is 0.157. The van der Waals surface area contributed by atoms with Crippen molar-refractivity contribution in [2.24, 2.45) is 0 Å². The summed E-state index contributed by atoms with van der Waals surface area (Å²) in [4.78, 5) is 2.50. The van der Waals surface area contributed by atoms with E-state index in [1.807, 2.05) is 0 Å². The van der Waals surface area contributed by atoms with Crippen LogP contribution in [0.2, 0.25) is 0 Å². The van der Waals surface area contributed by atoms with Crippen molar-refractivity contribution in [1.82, 2.24) is 4.57 Å². The van der Waals surface area contributed by atoms with Crippen LogP contribution < -0.4 is 4.90 Å². The van der Waals surface area contributed by atoms with Crippen LogP contribution in [0.3, 0.4) is 0 Å². The van der Waals surface area contributed by atoms with Crippen molar-refractivity contribution in [1.29, 1.82) is 0 Å². The second kappa shape index (κ2) is 13.9. The van der Waals surface area contributed by atoms with Crippen molar-refractivity contribution in [3.8, 4) is 50.2 Å². The molecule has 0 fully saturated rings. The lowest BCUT2D eigenvalue weighted by Crippen LogP contribution is -2.15. The Labute approximate surface area is 345 Å². The van der Waals surface area contributed by atoms with E-state index in [0.29, 0.717) is 0 Å². The van der Waals surface area contributed by atoms with Crippen LogP contribution in [0.1, 0.15) is 25.0 Å². The maximum atomic E-state index is 2.50. The zero-order valence-corrected chi connectivity index (χ0v) is 33.2. The van der Waals surface area contributed by atoms with Gasteiger partial charge in [-0.2, -0.15) is 0 Å². The van der Waals surface area contributed by atoms with Crippen molar-refractivity contribution in [2.75, 3.05) is 4.90 Å². The maximum Gasteiger partial charge on any atom is 0.0561 e. The number of rotatable bonds is 7. The second-order valence-corrected chi connectivity index (χ2v) is 16.1. The summed E-state index contributed by atoms with van der Waals surface area (Å²) in [5.41, 5.74) is 19.2. The zero-order chi connectivity index (χ0) is 39.5. The highest BCUT2D eigenvalue weighted by Gasteiger charge is 2.37. The molecule has 0 aliphatic heterocycles. The molecule has 0 unspecified atom stereocenters. The number of benzene rings is 9. The third-order valence-corrected chi connectivity index (χ3v) is 12.4. The fourth-order valence-corrected chi connectivity index (χ4v) is 9.63. The molecule has 10 aromatic rings. The molecule has 59 heavy (non-hydrogen) atoms. The van der Waals surface area contributed by atoms with Crippen molar-refractivity contribution in [2.45, 2.75) is 19.3 Å². The molecule has 11 rings (SSSR count). The van der Waals surface area contributed by atoms with E-state index in [-0.39, 0.29) is 5.41 Å². The van der Waals surface area contributed by atoms with Crippen LogP contribution in [-0.4, -0.2) is 4.57 Å². The molecule has 0 atom stereocenters. The molecule has 0 amide bonds. The molecular weight excluding hydrogens is 713 g/mol. The minimum atomic E-state index is -0.111. The van der Waals surface area contributed by atoms with E-state index >= 15 is 0 Å². The fraction of sp³-hybridized carbons (Fsp3) is 0.0526. The highest BCUT2D eigenvalue weighted by Crippen LogP contribution is 2.54. The van der Waals surface area contributed by atoms with Gasteiger partial charge < -0.3 is 9.47 Å². The molecule has 0 saturated heterocycles. The van der Waals surface area contributed by atoms with E-state index in [4.69, 9.17) is 0 Å². The van der Waals surface area contributed by atoms with Gasteiger partial charge in [0.25, 0.3) is 0 Å². The molecule has 0 saturated carbocycles. The summed E-state index contributed by atoms with van der Waals surface area (Å²) >= 11 is 0. The molecular formula is C57H42N2. The van der Waals surface area contributed by atoms with Gasteiger partial charge in [-0.15, -0.1) is 0 Å². The molecule has 2 heteroatoms. The monoisotopic (exact) mass is 754 g/mol. The fourth-order valence-electron chi connectivity index (χ4n) is 9.63. The van der Waals surface area contributed by atoms with Crippen LogP contribution in [0, 0.1) is 0 Å². The third kappa shape index (κ3) is 5.63. The summed E-state index contributed by atoms with van der Waals surface area (Å²) in [6.07, 6.45) is 0. The number of hydrogen-bond acceptors (Lipinski definition) is 1. The minimum absolute atomic E-state index is 0.111. The molecule has 0 N–H and O–H groups in total. The third-order valence-electron chi connectivity index (χ3n) is 12.4. The summed E-state index contributed by atoms with van der Waals surface area (Å²) in [6, 6.07) is 79.9. The summed E-state index contributed by atoms with van der Waals surface area (Å²) in [5.74, 6) is 0. The van der Waals surface area contributed by atoms with Gasteiger partial charge in [0.2, 0.25) is 0 Å². The average molecular weight is 755 g/mol.